The fraction of sp³-hybridized carbons (Fsp3) is 0.364. The molecule has 0 aliphatic heterocycles. The van der Waals surface area contributed by atoms with E-state index in [4.69, 9.17) is 23.1 Å². The molecule has 1 aromatic carbocycles. The summed E-state index contributed by atoms with van der Waals surface area (Å²) in [6.45, 7) is 2.03. The molecule has 2 unspecified atom stereocenters. The van der Waals surface area contributed by atoms with E-state index in [9.17, 15) is 9.90 Å². The first-order chi connectivity index (χ1) is 7.91. The Bertz CT molecular complexity index is 410. The summed E-state index contributed by atoms with van der Waals surface area (Å²) in [5.74, 6) is -0.567. The van der Waals surface area contributed by atoms with E-state index in [0.717, 1.165) is 5.69 Å². The SMILES string of the molecule is CC(O)C(N)CNc1ccc(C(N)=O)c(Cl)c1. The number of aliphatic hydroxyl groups excluding tert-OH is 1. The lowest BCUT2D eigenvalue weighted by Gasteiger charge is -2.16. The molecule has 6 heteroatoms. The third kappa shape index (κ3) is 3.89. The summed E-state index contributed by atoms with van der Waals surface area (Å²) in [5, 5.41) is 12.5. The molecule has 17 heavy (non-hydrogen) atoms. The van der Waals surface area contributed by atoms with Crippen molar-refractivity contribution in [1.29, 1.82) is 0 Å². The second-order valence-electron chi connectivity index (χ2n) is 3.84. The van der Waals surface area contributed by atoms with Crippen molar-refractivity contribution in [3.05, 3.63) is 28.8 Å². The summed E-state index contributed by atoms with van der Waals surface area (Å²) in [7, 11) is 0. The van der Waals surface area contributed by atoms with Gasteiger partial charge in [-0.05, 0) is 25.1 Å². The largest absolute Gasteiger partial charge is 0.392 e. The van der Waals surface area contributed by atoms with Gasteiger partial charge in [0.25, 0.3) is 0 Å². The summed E-state index contributed by atoms with van der Waals surface area (Å²) >= 11 is 5.88. The lowest BCUT2D eigenvalue weighted by molar-refractivity contribution is 0.100. The molecular formula is C11H16ClN3O2. The highest BCUT2D eigenvalue weighted by molar-refractivity contribution is 6.34. The molecule has 94 valence electrons. The molecule has 0 radical (unpaired) electrons. The molecule has 2 atom stereocenters. The van der Waals surface area contributed by atoms with Crippen molar-refractivity contribution in [3.8, 4) is 0 Å². The van der Waals surface area contributed by atoms with Gasteiger partial charge in [0.05, 0.1) is 16.7 Å². The number of primary amides is 1. The molecule has 1 rings (SSSR count). The number of carbonyl (C=O) groups excluding carboxylic acids is 1. The molecule has 0 spiro atoms. The number of halogens is 1. The second-order valence-corrected chi connectivity index (χ2v) is 4.25. The van der Waals surface area contributed by atoms with Gasteiger partial charge in [-0.3, -0.25) is 4.79 Å². The van der Waals surface area contributed by atoms with Gasteiger partial charge >= 0.3 is 0 Å². The van der Waals surface area contributed by atoms with Crippen LogP contribution in [0.1, 0.15) is 17.3 Å². The Kier molecular flexibility index (Phi) is 4.74. The first-order valence-corrected chi connectivity index (χ1v) is 5.56. The van der Waals surface area contributed by atoms with Crippen molar-refractivity contribution in [2.24, 2.45) is 11.5 Å². The molecule has 0 saturated carbocycles. The molecular weight excluding hydrogens is 242 g/mol. The van der Waals surface area contributed by atoms with Crippen LogP contribution in [0.4, 0.5) is 5.69 Å². The average molecular weight is 258 g/mol. The predicted octanol–water partition coefficient (Wildman–Crippen LogP) is 0.559. The number of aliphatic hydroxyl groups is 1. The predicted molar refractivity (Wildman–Crippen MR) is 68.1 cm³/mol. The lowest BCUT2D eigenvalue weighted by Crippen LogP contribution is -2.38. The zero-order valence-electron chi connectivity index (χ0n) is 9.48. The maximum absolute atomic E-state index is 11.0. The molecule has 0 saturated heterocycles. The molecule has 1 aromatic rings. The highest BCUT2D eigenvalue weighted by Crippen LogP contribution is 2.20. The molecule has 0 aliphatic rings. The smallest absolute Gasteiger partial charge is 0.250 e. The van der Waals surface area contributed by atoms with Gasteiger partial charge in [0.2, 0.25) is 5.91 Å². The molecule has 0 fully saturated rings. The van der Waals surface area contributed by atoms with Gasteiger partial charge in [-0.2, -0.15) is 0 Å². The van der Waals surface area contributed by atoms with Crippen LogP contribution in [0, 0.1) is 0 Å². The Labute approximate surface area is 105 Å². The highest BCUT2D eigenvalue weighted by Gasteiger charge is 2.10. The van der Waals surface area contributed by atoms with Crippen LogP contribution in [-0.4, -0.2) is 29.7 Å². The van der Waals surface area contributed by atoms with E-state index in [0.29, 0.717) is 6.54 Å². The van der Waals surface area contributed by atoms with Gasteiger partial charge in [0.1, 0.15) is 0 Å². The second kappa shape index (κ2) is 5.86. The summed E-state index contributed by atoms with van der Waals surface area (Å²) in [4.78, 5) is 11.0. The van der Waals surface area contributed by atoms with Crippen LogP contribution < -0.4 is 16.8 Å². The van der Waals surface area contributed by atoms with Crippen molar-refractivity contribution in [1.82, 2.24) is 0 Å². The molecule has 0 heterocycles. The first kappa shape index (κ1) is 13.8. The van der Waals surface area contributed by atoms with E-state index in [1.165, 1.54) is 0 Å². The molecule has 1 amide bonds. The number of rotatable bonds is 5. The number of amides is 1. The summed E-state index contributed by atoms with van der Waals surface area (Å²) < 4.78 is 0. The quantitative estimate of drug-likeness (QED) is 0.619. The van der Waals surface area contributed by atoms with Crippen molar-refractivity contribution in [3.63, 3.8) is 0 Å². The van der Waals surface area contributed by atoms with Gasteiger partial charge in [-0.15, -0.1) is 0 Å². The fourth-order valence-electron chi connectivity index (χ4n) is 1.23. The third-order valence-electron chi connectivity index (χ3n) is 2.40. The Hall–Kier alpha value is -1.30. The third-order valence-corrected chi connectivity index (χ3v) is 2.71. The Morgan fingerprint density at radius 2 is 2.24 bits per heavy atom. The van der Waals surface area contributed by atoms with Crippen LogP contribution in [0.5, 0.6) is 0 Å². The zero-order chi connectivity index (χ0) is 13.0. The maximum Gasteiger partial charge on any atom is 0.250 e. The highest BCUT2D eigenvalue weighted by atomic mass is 35.5. The van der Waals surface area contributed by atoms with Gasteiger partial charge < -0.3 is 21.9 Å². The topological polar surface area (TPSA) is 101 Å². The van der Waals surface area contributed by atoms with Gasteiger partial charge in [0.15, 0.2) is 0 Å². The number of nitrogens with one attached hydrogen (secondary N) is 1. The summed E-state index contributed by atoms with van der Waals surface area (Å²) in [6.07, 6.45) is -0.595. The minimum absolute atomic E-state index is 0.275. The zero-order valence-corrected chi connectivity index (χ0v) is 10.2. The van der Waals surface area contributed by atoms with Crippen LogP contribution in [-0.2, 0) is 0 Å². The molecule has 0 bridgehead atoms. The van der Waals surface area contributed by atoms with E-state index >= 15 is 0 Å². The number of hydrogen-bond donors (Lipinski definition) is 4. The van der Waals surface area contributed by atoms with Gasteiger partial charge in [-0.25, -0.2) is 0 Å². The summed E-state index contributed by atoms with van der Waals surface area (Å²) in [5.41, 5.74) is 11.8. The van der Waals surface area contributed by atoms with E-state index in [2.05, 4.69) is 5.32 Å². The molecule has 6 N–H and O–H groups in total. The summed E-state index contributed by atoms with van der Waals surface area (Å²) in [6, 6.07) is 4.45. The fourth-order valence-corrected chi connectivity index (χ4v) is 1.50. The Morgan fingerprint density at radius 1 is 1.59 bits per heavy atom. The van der Waals surface area contributed by atoms with Crippen LogP contribution in [0.15, 0.2) is 18.2 Å². The van der Waals surface area contributed by atoms with Crippen LogP contribution in [0.3, 0.4) is 0 Å². The van der Waals surface area contributed by atoms with Gasteiger partial charge in [-0.1, -0.05) is 11.6 Å². The molecule has 0 aliphatic carbocycles. The number of hydrogen-bond acceptors (Lipinski definition) is 4. The average Bonchev–Trinajstić information content (AvgIpc) is 2.25. The van der Waals surface area contributed by atoms with Crippen LogP contribution in [0.25, 0.3) is 0 Å². The van der Waals surface area contributed by atoms with Crippen molar-refractivity contribution >= 4 is 23.2 Å². The lowest BCUT2D eigenvalue weighted by atomic mass is 10.1. The number of nitrogens with two attached hydrogens (primary N) is 2. The minimum Gasteiger partial charge on any atom is -0.392 e. The van der Waals surface area contributed by atoms with Crippen LogP contribution >= 0.6 is 11.6 Å². The Balaban J connectivity index is 2.68. The van der Waals surface area contributed by atoms with E-state index in [1.807, 2.05) is 0 Å². The van der Waals surface area contributed by atoms with E-state index in [1.54, 1.807) is 25.1 Å². The minimum atomic E-state index is -0.595. The monoisotopic (exact) mass is 257 g/mol. The van der Waals surface area contributed by atoms with Gasteiger partial charge in [0, 0.05) is 18.3 Å². The van der Waals surface area contributed by atoms with E-state index in [-0.39, 0.29) is 16.6 Å². The van der Waals surface area contributed by atoms with Crippen LogP contribution in [0.2, 0.25) is 5.02 Å². The van der Waals surface area contributed by atoms with Crippen molar-refractivity contribution in [2.45, 2.75) is 19.1 Å². The Morgan fingerprint density at radius 3 is 2.71 bits per heavy atom. The standard InChI is InChI=1S/C11H16ClN3O2/c1-6(16)10(13)5-15-7-2-3-8(11(14)17)9(12)4-7/h2-4,6,10,15-16H,5,13H2,1H3,(H2,14,17). The van der Waals surface area contributed by atoms with Crippen molar-refractivity contribution in [2.75, 3.05) is 11.9 Å². The number of carbonyl (C=O) groups is 1. The molecule has 5 nitrogen and oxygen atoms in total. The van der Waals surface area contributed by atoms with Crippen molar-refractivity contribution < 1.29 is 9.90 Å². The molecule has 0 aromatic heterocycles. The maximum atomic E-state index is 11.0. The number of anilines is 1. The van der Waals surface area contributed by atoms with E-state index < -0.39 is 12.0 Å². The normalized spacial score (nSPS) is 14.1. The number of benzene rings is 1. The first-order valence-electron chi connectivity index (χ1n) is 5.18.